The van der Waals surface area contributed by atoms with E-state index in [-0.39, 0.29) is 0 Å². The molecule has 1 nitrogen and oxygen atoms in total. The van der Waals surface area contributed by atoms with Gasteiger partial charge in [0, 0.05) is 5.02 Å². The van der Waals surface area contributed by atoms with Gasteiger partial charge in [0.2, 0.25) is 0 Å². The molecular weight excluding hydrogens is 184 g/mol. The van der Waals surface area contributed by atoms with Crippen molar-refractivity contribution in [2.75, 3.05) is 0 Å². The molecular formula is C8H8ClF2N. The summed E-state index contributed by atoms with van der Waals surface area (Å²) in [7, 11) is 0. The molecule has 0 fully saturated rings. The summed E-state index contributed by atoms with van der Waals surface area (Å²) >= 11 is 5.64. The van der Waals surface area contributed by atoms with Crippen molar-refractivity contribution in [3.05, 3.63) is 34.9 Å². The second kappa shape index (κ2) is 3.37. The van der Waals surface area contributed by atoms with Crippen LogP contribution in [0.3, 0.4) is 0 Å². The molecule has 0 unspecified atom stereocenters. The lowest BCUT2D eigenvalue weighted by atomic mass is 10.1. The van der Waals surface area contributed by atoms with Crippen molar-refractivity contribution in [1.29, 1.82) is 0 Å². The van der Waals surface area contributed by atoms with Crippen LogP contribution in [0.2, 0.25) is 5.02 Å². The smallest absolute Gasteiger partial charge is 0.272 e. The average Bonchev–Trinajstić information content (AvgIpc) is 1.91. The Morgan fingerprint density at radius 1 is 1.33 bits per heavy atom. The first-order valence-corrected chi connectivity index (χ1v) is 3.77. The maximum Gasteiger partial charge on any atom is 0.304 e. The molecule has 0 radical (unpaired) electrons. The van der Waals surface area contributed by atoms with Gasteiger partial charge in [-0.3, -0.25) is 5.73 Å². The van der Waals surface area contributed by atoms with Crippen LogP contribution in [0.25, 0.3) is 0 Å². The van der Waals surface area contributed by atoms with E-state index in [2.05, 4.69) is 5.73 Å². The summed E-state index contributed by atoms with van der Waals surface area (Å²) in [5.41, 5.74) is 4.91. The third kappa shape index (κ3) is 2.75. The van der Waals surface area contributed by atoms with Gasteiger partial charge in [0.15, 0.2) is 0 Å². The molecule has 0 aromatic heterocycles. The molecule has 0 spiro atoms. The van der Waals surface area contributed by atoms with Crippen molar-refractivity contribution in [3.8, 4) is 0 Å². The molecule has 0 aliphatic carbocycles. The Labute approximate surface area is 74.1 Å². The van der Waals surface area contributed by atoms with Gasteiger partial charge in [-0.2, -0.15) is 8.78 Å². The van der Waals surface area contributed by atoms with Crippen LogP contribution >= 0.6 is 11.6 Å². The van der Waals surface area contributed by atoms with Gasteiger partial charge >= 0.3 is 6.05 Å². The summed E-state index contributed by atoms with van der Waals surface area (Å²) < 4.78 is 24.6. The van der Waals surface area contributed by atoms with Gasteiger partial charge in [0.1, 0.15) is 0 Å². The summed E-state index contributed by atoms with van der Waals surface area (Å²) in [5, 5.41) is 0.322. The van der Waals surface area contributed by atoms with E-state index < -0.39 is 12.5 Å². The standard InChI is InChI=1S/C8H8ClF2N/c9-7-4-2-1-3-6(7)5-8(10,11)12/h1-4H,5,12H2. The molecule has 0 bridgehead atoms. The van der Waals surface area contributed by atoms with Crippen molar-refractivity contribution in [3.63, 3.8) is 0 Å². The highest BCUT2D eigenvalue weighted by Crippen LogP contribution is 2.20. The minimum absolute atomic E-state index is 0.322. The van der Waals surface area contributed by atoms with Crippen LogP contribution in [0, 0.1) is 0 Å². The number of rotatable bonds is 2. The quantitative estimate of drug-likeness (QED) is 0.714. The zero-order valence-corrected chi connectivity index (χ0v) is 6.98. The van der Waals surface area contributed by atoms with Crippen molar-refractivity contribution in [2.24, 2.45) is 5.73 Å². The zero-order chi connectivity index (χ0) is 9.19. The van der Waals surface area contributed by atoms with Crippen LogP contribution in [0.15, 0.2) is 24.3 Å². The number of benzene rings is 1. The maximum atomic E-state index is 12.3. The topological polar surface area (TPSA) is 26.0 Å². The number of hydrogen-bond acceptors (Lipinski definition) is 1. The third-order valence-corrected chi connectivity index (χ3v) is 1.75. The largest absolute Gasteiger partial charge is 0.304 e. The van der Waals surface area contributed by atoms with E-state index in [4.69, 9.17) is 11.6 Å². The summed E-state index contributed by atoms with van der Waals surface area (Å²) in [4.78, 5) is 0. The molecule has 4 heteroatoms. The third-order valence-electron chi connectivity index (χ3n) is 1.38. The molecule has 0 saturated heterocycles. The molecule has 66 valence electrons. The number of nitrogens with two attached hydrogens (primary N) is 1. The minimum atomic E-state index is -3.19. The SMILES string of the molecule is NC(F)(F)Cc1ccccc1Cl. The normalized spacial score (nSPS) is 11.7. The van der Waals surface area contributed by atoms with E-state index in [1.54, 1.807) is 18.2 Å². The Hall–Kier alpha value is -0.670. The van der Waals surface area contributed by atoms with Crippen molar-refractivity contribution < 1.29 is 8.78 Å². The van der Waals surface area contributed by atoms with E-state index in [9.17, 15) is 8.78 Å². The fourth-order valence-electron chi connectivity index (χ4n) is 0.896. The first-order chi connectivity index (χ1) is 5.49. The first-order valence-electron chi connectivity index (χ1n) is 3.39. The molecule has 1 aromatic rings. The Bertz CT molecular complexity index is 270. The molecule has 1 rings (SSSR count). The van der Waals surface area contributed by atoms with E-state index in [1.807, 2.05) is 0 Å². The summed E-state index contributed by atoms with van der Waals surface area (Å²) in [5.74, 6) is 0. The molecule has 0 aliphatic rings. The molecule has 0 saturated carbocycles. The number of halogens is 3. The highest BCUT2D eigenvalue weighted by atomic mass is 35.5. The molecule has 0 amide bonds. The van der Waals surface area contributed by atoms with Crippen LogP contribution < -0.4 is 5.73 Å². The van der Waals surface area contributed by atoms with Gasteiger partial charge in [-0.1, -0.05) is 29.8 Å². The van der Waals surface area contributed by atoms with E-state index in [1.165, 1.54) is 6.07 Å². The predicted molar refractivity (Wildman–Crippen MR) is 44.3 cm³/mol. The average molecular weight is 192 g/mol. The highest BCUT2D eigenvalue weighted by Gasteiger charge is 2.23. The molecule has 2 N–H and O–H groups in total. The number of hydrogen-bond donors (Lipinski definition) is 1. The molecule has 0 aliphatic heterocycles. The fourth-order valence-corrected chi connectivity index (χ4v) is 1.10. The lowest BCUT2D eigenvalue weighted by molar-refractivity contribution is 0.00874. The van der Waals surface area contributed by atoms with Crippen LogP contribution in [-0.4, -0.2) is 6.05 Å². The van der Waals surface area contributed by atoms with Crippen LogP contribution in [-0.2, 0) is 6.42 Å². The molecule has 0 atom stereocenters. The Morgan fingerprint density at radius 3 is 2.42 bits per heavy atom. The van der Waals surface area contributed by atoms with Crippen LogP contribution in [0.1, 0.15) is 5.56 Å². The predicted octanol–water partition coefficient (Wildman–Crippen LogP) is 2.43. The molecule has 1 aromatic carbocycles. The first kappa shape index (κ1) is 9.42. The Kier molecular flexibility index (Phi) is 2.65. The van der Waals surface area contributed by atoms with Gasteiger partial charge in [-0.25, -0.2) is 0 Å². The van der Waals surface area contributed by atoms with Crippen LogP contribution in [0.5, 0.6) is 0 Å². The van der Waals surface area contributed by atoms with E-state index in [0.29, 0.717) is 10.6 Å². The second-order valence-electron chi connectivity index (χ2n) is 2.53. The summed E-state index contributed by atoms with van der Waals surface area (Å²) in [6.45, 7) is 0. The number of alkyl halides is 2. The fraction of sp³-hybridized carbons (Fsp3) is 0.250. The Balaban J connectivity index is 2.83. The van der Waals surface area contributed by atoms with Gasteiger partial charge < -0.3 is 0 Å². The lowest BCUT2D eigenvalue weighted by Crippen LogP contribution is -2.31. The lowest BCUT2D eigenvalue weighted by Gasteiger charge is -2.10. The highest BCUT2D eigenvalue weighted by molar-refractivity contribution is 6.31. The van der Waals surface area contributed by atoms with Crippen molar-refractivity contribution in [1.82, 2.24) is 0 Å². The Morgan fingerprint density at radius 2 is 1.92 bits per heavy atom. The summed E-state index contributed by atoms with van der Waals surface area (Å²) in [6, 6.07) is 3.23. The van der Waals surface area contributed by atoms with Gasteiger partial charge in [0.05, 0.1) is 6.42 Å². The van der Waals surface area contributed by atoms with E-state index >= 15 is 0 Å². The minimum Gasteiger partial charge on any atom is -0.272 e. The second-order valence-corrected chi connectivity index (χ2v) is 2.94. The summed E-state index contributed by atoms with van der Waals surface area (Å²) in [6.07, 6.45) is -0.521. The monoisotopic (exact) mass is 191 g/mol. The van der Waals surface area contributed by atoms with Crippen LogP contribution in [0.4, 0.5) is 8.78 Å². The molecule has 0 heterocycles. The zero-order valence-electron chi connectivity index (χ0n) is 6.23. The molecule has 12 heavy (non-hydrogen) atoms. The van der Waals surface area contributed by atoms with Gasteiger partial charge in [-0.05, 0) is 11.6 Å². The van der Waals surface area contributed by atoms with Crippen molar-refractivity contribution in [2.45, 2.75) is 12.5 Å². The van der Waals surface area contributed by atoms with Gasteiger partial charge in [-0.15, -0.1) is 0 Å². The van der Waals surface area contributed by atoms with E-state index in [0.717, 1.165) is 0 Å². The maximum absolute atomic E-state index is 12.3. The van der Waals surface area contributed by atoms with Gasteiger partial charge in [0.25, 0.3) is 0 Å². The van der Waals surface area contributed by atoms with Crippen molar-refractivity contribution >= 4 is 11.6 Å².